The Balaban J connectivity index is 1.81. The van der Waals surface area contributed by atoms with Gasteiger partial charge in [-0.05, 0) is 46.6 Å². The Morgan fingerprint density at radius 1 is 1.26 bits per heavy atom. The number of likely N-dealkylation sites (N-methyl/N-ethyl adjacent to an activating group) is 1. The largest absolute Gasteiger partial charge is 0.444 e. The number of likely N-dealkylation sites (tertiary alicyclic amines) is 1. The zero-order valence-electron chi connectivity index (χ0n) is 19.2. The smallest absolute Gasteiger partial charge is 0.410 e. The molecule has 0 bridgehead atoms. The SMILES string of the molecule is CCN1C(=O)C2(CC1C)CN(C(=O)OC(C)(C)C)CCN2C(O)OCc1ccccc1. The third kappa shape index (κ3) is 5.02. The van der Waals surface area contributed by atoms with E-state index >= 15 is 0 Å². The van der Waals surface area contributed by atoms with Crippen molar-refractivity contribution in [2.75, 3.05) is 26.2 Å². The van der Waals surface area contributed by atoms with E-state index in [0.29, 0.717) is 26.1 Å². The minimum atomic E-state index is -1.26. The van der Waals surface area contributed by atoms with Crippen molar-refractivity contribution in [2.45, 2.75) is 71.2 Å². The second kappa shape index (κ2) is 9.14. The third-order valence-electron chi connectivity index (χ3n) is 5.94. The fourth-order valence-electron chi connectivity index (χ4n) is 4.55. The molecule has 172 valence electrons. The van der Waals surface area contributed by atoms with Gasteiger partial charge in [-0.1, -0.05) is 30.3 Å². The molecule has 8 nitrogen and oxygen atoms in total. The number of nitrogens with zero attached hydrogens (tertiary/aromatic N) is 3. The van der Waals surface area contributed by atoms with Crippen LogP contribution in [0.4, 0.5) is 4.79 Å². The van der Waals surface area contributed by atoms with Crippen LogP contribution >= 0.6 is 0 Å². The number of benzene rings is 1. The van der Waals surface area contributed by atoms with Gasteiger partial charge in [0.15, 0.2) is 0 Å². The molecule has 2 aliphatic heterocycles. The van der Waals surface area contributed by atoms with E-state index in [1.807, 2.05) is 65.0 Å². The fourth-order valence-corrected chi connectivity index (χ4v) is 4.55. The summed E-state index contributed by atoms with van der Waals surface area (Å²) in [7, 11) is 0. The number of piperazine rings is 1. The molecular weight excluding hydrogens is 398 g/mol. The second-order valence-electron chi connectivity index (χ2n) is 9.39. The Bertz CT molecular complexity index is 781. The quantitative estimate of drug-likeness (QED) is 0.718. The van der Waals surface area contributed by atoms with Crippen LogP contribution in [0.2, 0.25) is 0 Å². The Morgan fingerprint density at radius 3 is 2.52 bits per heavy atom. The molecule has 31 heavy (non-hydrogen) atoms. The van der Waals surface area contributed by atoms with Crippen LogP contribution in [0.3, 0.4) is 0 Å². The van der Waals surface area contributed by atoms with Crippen molar-refractivity contribution in [3.05, 3.63) is 35.9 Å². The summed E-state index contributed by atoms with van der Waals surface area (Å²) in [4.78, 5) is 31.3. The van der Waals surface area contributed by atoms with Gasteiger partial charge in [0, 0.05) is 25.7 Å². The summed E-state index contributed by atoms with van der Waals surface area (Å²) in [6.07, 6.45) is -1.19. The summed E-state index contributed by atoms with van der Waals surface area (Å²) in [6.45, 7) is 11.0. The molecule has 0 aromatic heterocycles. The van der Waals surface area contributed by atoms with Crippen LogP contribution < -0.4 is 0 Å². The molecule has 0 aliphatic carbocycles. The first-order valence-electron chi connectivity index (χ1n) is 11.0. The number of rotatable bonds is 5. The number of carbonyl (C=O) groups is 2. The highest BCUT2D eigenvalue weighted by molar-refractivity contribution is 5.90. The van der Waals surface area contributed by atoms with Gasteiger partial charge in [-0.2, -0.15) is 0 Å². The minimum Gasteiger partial charge on any atom is -0.444 e. The van der Waals surface area contributed by atoms with Gasteiger partial charge < -0.3 is 24.4 Å². The topological polar surface area (TPSA) is 82.6 Å². The van der Waals surface area contributed by atoms with E-state index in [-0.39, 0.29) is 25.1 Å². The van der Waals surface area contributed by atoms with Crippen LogP contribution in [0.5, 0.6) is 0 Å². The lowest BCUT2D eigenvalue weighted by atomic mass is 9.90. The fraction of sp³-hybridized carbons (Fsp3) is 0.652. The van der Waals surface area contributed by atoms with E-state index in [9.17, 15) is 14.7 Å². The van der Waals surface area contributed by atoms with Crippen LogP contribution in [0.1, 0.15) is 46.6 Å². The maximum Gasteiger partial charge on any atom is 0.410 e. The van der Waals surface area contributed by atoms with Crippen molar-refractivity contribution in [3.8, 4) is 0 Å². The monoisotopic (exact) mass is 433 g/mol. The maximum absolute atomic E-state index is 13.5. The number of hydrogen-bond acceptors (Lipinski definition) is 6. The highest BCUT2D eigenvalue weighted by atomic mass is 16.6. The van der Waals surface area contributed by atoms with E-state index < -0.39 is 23.6 Å². The van der Waals surface area contributed by atoms with Gasteiger partial charge in [0.2, 0.25) is 12.3 Å². The lowest BCUT2D eigenvalue weighted by molar-refractivity contribution is -0.238. The van der Waals surface area contributed by atoms with Crippen molar-refractivity contribution in [1.29, 1.82) is 0 Å². The van der Waals surface area contributed by atoms with Crippen molar-refractivity contribution >= 4 is 12.0 Å². The number of hydrogen-bond donors (Lipinski definition) is 1. The molecule has 3 unspecified atom stereocenters. The number of amides is 2. The average Bonchev–Trinajstić information content (AvgIpc) is 2.94. The molecule has 1 aromatic carbocycles. The van der Waals surface area contributed by atoms with Crippen molar-refractivity contribution in [3.63, 3.8) is 0 Å². The normalized spacial score (nSPS) is 25.9. The summed E-state index contributed by atoms with van der Waals surface area (Å²) in [5.74, 6) is -0.0851. The molecule has 2 fully saturated rings. The van der Waals surface area contributed by atoms with Crippen molar-refractivity contribution in [1.82, 2.24) is 14.7 Å². The summed E-state index contributed by atoms with van der Waals surface area (Å²) < 4.78 is 11.3. The van der Waals surface area contributed by atoms with E-state index in [1.54, 1.807) is 14.7 Å². The molecule has 3 rings (SSSR count). The number of carbonyl (C=O) groups excluding carboxylic acids is 2. The molecule has 8 heteroatoms. The molecule has 1 spiro atoms. The second-order valence-corrected chi connectivity index (χ2v) is 9.39. The highest BCUT2D eigenvalue weighted by Gasteiger charge is 2.58. The van der Waals surface area contributed by atoms with Gasteiger partial charge in [-0.15, -0.1) is 0 Å². The lowest BCUT2D eigenvalue weighted by Crippen LogP contribution is -2.69. The van der Waals surface area contributed by atoms with Crippen molar-refractivity contribution in [2.24, 2.45) is 0 Å². The predicted octanol–water partition coefficient (Wildman–Crippen LogP) is 2.41. The highest BCUT2D eigenvalue weighted by Crippen LogP contribution is 2.38. The summed E-state index contributed by atoms with van der Waals surface area (Å²) >= 11 is 0. The molecule has 0 radical (unpaired) electrons. The zero-order valence-corrected chi connectivity index (χ0v) is 19.2. The van der Waals surface area contributed by atoms with E-state index in [4.69, 9.17) is 9.47 Å². The first-order chi connectivity index (χ1) is 14.6. The first-order valence-corrected chi connectivity index (χ1v) is 11.0. The first kappa shape index (κ1) is 23.5. The van der Waals surface area contributed by atoms with Gasteiger partial charge in [0.25, 0.3) is 0 Å². The Morgan fingerprint density at radius 2 is 1.94 bits per heavy atom. The average molecular weight is 434 g/mol. The predicted molar refractivity (Wildman–Crippen MR) is 116 cm³/mol. The van der Waals surface area contributed by atoms with Gasteiger partial charge >= 0.3 is 6.09 Å². The molecule has 2 aliphatic rings. The molecule has 2 amide bonds. The summed E-state index contributed by atoms with van der Waals surface area (Å²) in [5, 5.41) is 10.9. The molecule has 1 N–H and O–H groups in total. The Hall–Kier alpha value is -2.16. The number of aliphatic hydroxyl groups is 1. The van der Waals surface area contributed by atoms with Crippen LogP contribution in [0.25, 0.3) is 0 Å². The lowest BCUT2D eigenvalue weighted by Gasteiger charge is -2.48. The molecule has 1 aromatic rings. The summed E-state index contributed by atoms with van der Waals surface area (Å²) in [6, 6.07) is 9.58. The molecule has 2 heterocycles. The van der Waals surface area contributed by atoms with Crippen LogP contribution in [0, 0.1) is 0 Å². The Labute approximate surface area is 184 Å². The van der Waals surface area contributed by atoms with Gasteiger partial charge in [-0.25, -0.2) is 9.69 Å². The number of ether oxygens (including phenoxy) is 2. The number of aliphatic hydroxyl groups excluding tert-OH is 1. The van der Waals surface area contributed by atoms with E-state index in [1.165, 1.54) is 0 Å². The maximum atomic E-state index is 13.5. The van der Waals surface area contributed by atoms with Crippen LogP contribution in [-0.2, 0) is 20.9 Å². The van der Waals surface area contributed by atoms with E-state index in [0.717, 1.165) is 5.56 Å². The van der Waals surface area contributed by atoms with Gasteiger partial charge in [0.05, 0.1) is 13.2 Å². The van der Waals surface area contributed by atoms with E-state index in [2.05, 4.69) is 0 Å². The minimum absolute atomic E-state index is 0.0000835. The van der Waals surface area contributed by atoms with Crippen LogP contribution in [0.15, 0.2) is 30.3 Å². The Kier molecular flexibility index (Phi) is 6.93. The third-order valence-corrected chi connectivity index (χ3v) is 5.94. The molecule has 3 atom stereocenters. The summed E-state index contributed by atoms with van der Waals surface area (Å²) in [5.41, 5.74) is -0.729. The molecular formula is C23H35N3O5. The van der Waals surface area contributed by atoms with Crippen LogP contribution in [-0.4, -0.2) is 81.6 Å². The van der Waals surface area contributed by atoms with Crippen molar-refractivity contribution < 1.29 is 24.2 Å². The van der Waals surface area contributed by atoms with Gasteiger partial charge in [0.1, 0.15) is 11.1 Å². The molecule has 0 saturated carbocycles. The zero-order chi connectivity index (χ0) is 22.8. The standard InChI is InChI=1S/C23H35N3O5/c1-6-25-17(2)14-23(19(25)27)16-24(20(28)31-22(3,4)5)12-13-26(23)21(29)30-15-18-10-8-7-9-11-18/h7-11,17,21,29H,6,12-16H2,1-5H3. The molecule has 2 saturated heterocycles. The van der Waals surface area contributed by atoms with Gasteiger partial charge in [-0.3, -0.25) is 4.79 Å².